The molecule has 0 bridgehead atoms. The number of carbonyl (C=O) groups excluding carboxylic acids is 1. The predicted octanol–water partition coefficient (Wildman–Crippen LogP) is 5.59. The summed E-state index contributed by atoms with van der Waals surface area (Å²) in [5.41, 5.74) is 3.76. The summed E-state index contributed by atoms with van der Waals surface area (Å²) in [6, 6.07) is 18.1. The number of halogens is 1. The van der Waals surface area contributed by atoms with E-state index in [9.17, 15) is 15.0 Å². The molecular formula is C31H40ClN3O3. The topological polar surface area (TPSA) is 87.4 Å². The predicted molar refractivity (Wildman–Crippen MR) is 151 cm³/mol. The Labute approximate surface area is 231 Å². The highest BCUT2D eigenvalue weighted by Gasteiger charge is 2.32. The molecule has 1 aromatic heterocycles. The first kappa shape index (κ1) is 28.3. The van der Waals surface area contributed by atoms with E-state index in [0.717, 1.165) is 67.5 Å². The molecule has 1 heterocycles. The van der Waals surface area contributed by atoms with E-state index in [4.69, 9.17) is 11.6 Å². The minimum absolute atomic E-state index is 0.0125. The Balaban J connectivity index is 1.50. The largest absolute Gasteiger partial charge is 0.396 e. The Morgan fingerprint density at radius 2 is 1.79 bits per heavy atom. The maximum absolute atomic E-state index is 13.5. The van der Waals surface area contributed by atoms with E-state index in [1.54, 1.807) is 0 Å². The number of hydrogen-bond donors (Lipinski definition) is 3. The van der Waals surface area contributed by atoms with Gasteiger partial charge in [-0.05, 0) is 41.9 Å². The number of nitrogens with one attached hydrogen (secondary N) is 1. The summed E-state index contributed by atoms with van der Waals surface area (Å²) in [6.07, 6.45) is 7.30. The zero-order valence-corrected chi connectivity index (χ0v) is 23.0. The van der Waals surface area contributed by atoms with Crippen LogP contribution in [0.5, 0.6) is 0 Å². The molecule has 4 rings (SSSR count). The number of amides is 1. The zero-order valence-electron chi connectivity index (χ0n) is 22.3. The van der Waals surface area contributed by atoms with Crippen LogP contribution in [0.1, 0.15) is 85.5 Å². The molecule has 38 heavy (non-hydrogen) atoms. The van der Waals surface area contributed by atoms with Crippen LogP contribution in [-0.2, 0) is 24.4 Å². The Bertz CT molecular complexity index is 1160. The highest BCUT2D eigenvalue weighted by molar-refractivity contribution is 6.30. The van der Waals surface area contributed by atoms with Crippen molar-refractivity contribution >= 4 is 17.5 Å². The number of aryl methyl sites for hydroxylation is 1. The molecule has 2 aromatic carbocycles. The molecule has 6 nitrogen and oxygen atoms in total. The number of aromatic nitrogens is 2. The van der Waals surface area contributed by atoms with Crippen LogP contribution in [0.2, 0.25) is 5.15 Å². The normalized spacial score (nSPS) is 15.5. The van der Waals surface area contributed by atoms with E-state index in [1.807, 2.05) is 34.9 Å². The van der Waals surface area contributed by atoms with Crippen LogP contribution in [-0.4, -0.2) is 38.8 Å². The van der Waals surface area contributed by atoms with Crippen LogP contribution in [0.4, 0.5) is 0 Å². The number of hydrogen-bond acceptors (Lipinski definition) is 4. The number of nitrogens with zero attached hydrogens (tertiary/aromatic N) is 2. The summed E-state index contributed by atoms with van der Waals surface area (Å²) in [6.45, 7) is 2.96. The molecule has 7 heteroatoms. The second kappa shape index (κ2) is 13.9. The monoisotopic (exact) mass is 537 g/mol. The second-order valence-corrected chi connectivity index (χ2v) is 10.8. The fourth-order valence-corrected chi connectivity index (χ4v) is 5.92. The third kappa shape index (κ3) is 6.85. The standard InChI is InChI=1S/C31H40ClN3O3/c1-2-3-13-28-34-30(32)27(21-37)35(28)19-22-14-16-25(17-15-22)29(24-11-7-8-12-24)31(38)33-18-26(20-36)23-9-5-4-6-10-23/h4-6,9-10,14-17,24,26,29,36-37H,2-3,7-8,11-13,18-21H2,1H3,(H,33,38). The first-order valence-electron chi connectivity index (χ1n) is 13.9. The van der Waals surface area contributed by atoms with Gasteiger partial charge in [0.2, 0.25) is 5.91 Å². The maximum Gasteiger partial charge on any atom is 0.227 e. The summed E-state index contributed by atoms with van der Waals surface area (Å²) < 4.78 is 2.02. The van der Waals surface area contributed by atoms with Gasteiger partial charge in [0.25, 0.3) is 0 Å². The smallest absolute Gasteiger partial charge is 0.227 e. The number of rotatable bonds is 13. The Morgan fingerprint density at radius 3 is 2.42 bits per heavy atom. The lowest BCUT2D eigenvalue weighted by Gasteiger charge is -2.25. The quantitative estimate of drug-likeness (QED) is 0.265. The van der Waals surface area contributed by atoms with Crippen molar-refractivity contribution < 1.29 is 15.0 Å². The summed E-state index contributed by atoms with van der Waals surface area (Å²) in [4.78, 5) is 18.0. The van der Waals surface area contributed by atoms with Crippen LogP contribution in [0.15, 0.2) is 54.6 Å². The van der Waals surface area contributed by atoms with Crippen LogP contribution in [0.25, 0.3) is 0 Å². The third-order valence-electron chi connectivity index (χ3n) is 7.85. The van der Waals surface area contributed by atoms with Gasteiger partial charge in [-0.15, -0.1) is 0 Å². The van der Waals surface area contributed by atoms with Gasteiger partial charge in [0.05, 0.1) is 24.8 Å². The number of unbranched alkanes of at least 4 members (excludes halogenated alkanes) is 1. The molecule has 204 valence electrons. The van der Waals surface area contributed by atoms with Crippen LogP contribution in [0.3, 0.4) is 0 Å². The SMILES string of the molecule is CCCCc1nc(Cl)c(CO)n1Cc1ccc(C(C(=O)NCC(CO)c2ccccc2)C2CCCC2)cc1. The lowest BCUT2D eigenvalue weighted by molar-refractivity contribution is -0.123. The van der Waals surface area contributed by atoms with Crippen molar-refractivity contribution in [2.24, 2.45) is 5.92 Å². The molecule has 1 aliphatic carbocycles. The summed E-state index contributed by atoms with van der Waals surface area (Å²) >= 11 is 6.32. The molecule has 0 saturated heterocycles. The zero-order chi connectivity index (χ0) is 26.9. The molecule has 1 aliphatic rings. The number of aliphatic hydroxyl groups is 2. The van der Waals surface area contributed by atoms with Gasteiger partial charge in [0.1, 0.15) is 5.82 Å². The van der Waals surface area contributed by atoms with E-state index in [2.05, 4.69) is 41.5 Å². The molecule has 2 atom stereocenters. The van der Waals surface area contributed by atoms with E-state index in [0.29, 0.717) is 29.9 Å². The van der Waals surface area contributed by atoms with Gasteiger partial charge < -0.3 is 20.1 Å². The molecule has 1 amide bonds. The molecule has 1 fully saturated rings. The molecule has 3 aromatic rings. The number of aliphatic hydroxyl groups excluding tert-OH is 2. The highest BCUT2D eigenvalue weighted by atomic mass is 35.5. The van der Waals surface area contributed by atoms with Gasteiger partial charge in [-0.3, -0.25) is 4.79 Å². The summed E-state index contributed by atoms with van der Waals surface area (Å²) in [7, 11) is 0. The lowest BCUT2D eigenvalue weighted by Crippen LogP contribution is -2.36. The molecule has 3 N–H and O–H groups in total. The summed E-state index contributed by atoms with van der Waals surface area (Å²) in [5.74, 6) is 0.906. The average molecular weight is 538 g/mol. The molecule has 2 unspecified atom stereocenters. The molecule has 0 radical (unpaired) electrons. The first-order valence-corrected chi connectivity index (χ1v) is 14.3. The molecule has 0 aliphatic heterocycles. The van der Waals surface area contributed by atoms with Crippen molar-refractivity contribution in [2.45, 2.75) is 76.9 Å². The van der Waals surface area contributed by atoms with Crippen LogP contribution in [0, 0.1) is 5.92 Å². The van der Waals surface area contributed by atoms with Crippen molar-refractivity contribution in [2.75, 3.05) is 13.2 Å². The molecular weight excluding hydrogens is 498 g/mol. The van der Waals surface area contributed by atoms with E-state index in [-0.39, 0.29) is 31.0 Å². The van der Waals surface area contributed by atoms with Crippen molar-refractivity contribution in [3.8, 4) is 0 Å². The third-order valence-corrected chi connectivity index (χ3v) is 8.16. The fourth-order valence-electron chi connectivity index (χ4n) is 5.66. The Morgan fingerprint density at radius 1 is 1.08 bits per heavy atom. The second-order valence-electron chi connectivity index (χ2n) is 10.4. The Kier molecular flexibility index (Phi) is 10.4. The minimum atomic E-state index is -0.211. The van der Waals surface area contributed by atoms with Crippen LogP contribution < -0.4 is 5.32 Å². The van der Waals surface area contributed by atoms with Gasteiger partial charge in [-0.25, -0.2) is 4.98 Å². The Hall–Kier alpha value is -2.67. The average Bonchev–Trinajstić information content (AvgIpc) is 3.57. The van der Waals surface area contributed by atoms with E-state index >= 15 is 0 Å². The van der Waals surface area contributed by atoms with Crippen LogP contribution >= 0.6 is 11.6 Å². The van der Waals surface area contributed by atoms with Crippen molar-refractivity contribution in [1.82, 2.24) is 14.9 Å². The summed E-state index contributed by atoms with van der Waals surface area (Å²) in [5, 5.41) is 23.3. The van der Waals surface area contributed by atoms with Crippen molar-refractivity contribution in [3.63, 3.8) is 0 Å². The van der Waals surface area contributed by atoms with E-state index < -0.39 is 0 Å². The van der Waals surface area contributed by atoms with Gasteiger partial charge >= 0.3 is 0 Å². The van der Waals surface area contributed by atoms with Crippen molar-refractivity contribution in [1.29, 1.82) is 0 Å². The van der Waals surface area contributed by atoms with Crippen molar-refractivity contribution in [3.05, 3.63) is 88.0 Å². The fraction of sp³-hybridized carbons (Fsp3) is 0.484. The molecule has 1 saturated carbocycles. The maximum atomic E-state index is 13.5. The van der Waals surface area contributed by atoms with E-state index in [1.165, 1.54) is 0 Å². The minimum Gasteiger partial charge on any atom is -0.396 e. The first-order chi connectivity index (χ1) is 18.5. The van der Waals surface area contributed by atoms with Gasteiger partial charge in [-0.1, -0.05) is 92.4 Å². The highest BCUT2D eigenvalue weighted by Crippen LogP contribution is 2.38. The number of benzene rings is 2. The van der Waals surface area contributed by atoms with Gasteiger partial charge in [0, 0.05) is 25.4 Å². The lowest BCUT2D eigenvalue weighted by atomic mass is 9.83. The molecule has 0 spiro atoms. The van der Waals surface area contributed by atoms with Gasteiger partial charge in [0.15, 0.2) is 5.15 Å². The number of carbonyl (C=O) groups is 1. The van der Waals surface area contributed by atoms with Gasteiger partial charge in [-0.2, -0.15) is 0 Å². The number of imidazole rings is 1.